The normalized spacial score (nSPS) is 29.8. The summed E-state index contributed by atoms with van der Waals surface area (Å²) in [6, 6.07) is 0. The van der Waals surface area contributed by atoms with Crippen LogP contribution in [0.1, 0.15) is 27.4 Å². The van der Waals surface area contributed by atoms with Crippen LogP contribution >= 0.6 is 19.6 Å². The maximum absolute atomic E-state index is 12.3. The summed E-state index contributed by atoms with van der Waals surface area (Å²) in [5.74, 6) is -0.0676. The quantitative estimate of drug-likeness (QED) is 0.192. The third kappa shape index (κ3) is 4.55. The number of nitrogen functional groups attached to an aromatic ring is 1. The number of esters is 1. The zero-order chi connectivity index (χ0) is 23.0. The van der Waals surface area contributed by atoms with Crippen LogP contribution in [0.25, 0.3) is 11.2 Å². The van der Waals surface area contributed by atoms with Gasteiger partial charge >= 0.3 is 7.40 Å². The van der Waals surface area contributed by atoms with Crippen LogP contribution in [-0.2, 0) is 27.9 Å². The largest absolute Gasteiger partial charge is 1.00 e. The van der Waals surface area contributed by atoms with E-state index >= 15 is 0 Å². The summed E-state index contributed by atoms with van der Waals surface area (Å²) in [4.78, 5) is 46.3. The van der Waals surface area contributed by atoms with E-state index in [2.05, 4.69) is 19.5 Å². The third-order valence-corrected chi connectivity index (χ3v) is 6.82. The van der Waals surface area contributed by atoms with Crippen LogP contribution in [-0.4, -0.2) is 67.9 Å². The van der Waals surface area contributed by atoms with E-state index in [1.54, 1.807) is 6.92 Å². The lowest BCUT2D eigenvalue weighted by Crippen LogP contribution is -2.41. The molecule has 0 aliphatic carbocycles. The highest BCUT2D eigenvalue weighted by atomic mass is 32.2. The maximum atomic E-state index is 12.3. The first-order chi connectivity index (χ1) is 15.2. The highest BCUT2D eigenvalue weighted by molar-refractivity contribution is 7.99. The van der Waals surface area contributed by atoms with Crippen LogP contribution in [0.5, 0.6) is 0 Å². The number of carbonyl (C=O) groups is 1. The molecule has 2 aliphatic rings. The Labute approximate surface area is 186 Å². The van der Waals surface area contributed by atoms with Gasteiger partial charge in [0.15, 0.2) is 22.5 Å². The van der Waals surface area contributed by atoms with Crippen LogP contribution in [0.4, 0.5) is 5.95 Å². The van der Waals surface area contributed by atoms with E-state index < -0.39 is 37.9 Å². The van der Waals surface area contributed by atoms with Crippen molar-refractivity contribution in [2.24, 2.45) is 0 Å². The number of H-pyrrole nitrogens is 1. The number of phosphoric acid groups is 1. The van der Waals surface area contributed by atoms with E-state index in [4.69, 9.17) is 19.7 Å². The number of ether oxygens (including phenoxy) is 2. The fourth-order valence-corrected chi connectivity index (χ4v) is 5.37. The number of nitrogens with two attached hydrogens (primary N) is 1. The molecule has 14 nitrogen and oxygen atoms in total. The molecule has 2 aromatic heterocycles. The molecule has 0 bridgehead atoms. The molecule has 4 N–H and O–H groups in total. The second-order valence-electron chi connectivity index (χ2n) is 7.01. The highest BCUT2D eigenvalue weighted by Crippen LogP contribution is 2.50. The molecular weight excluding hydrogens is 469 g/mol. The molecule has 32 heavy (non-hydrogen) atoms. The smallest absolute Gasteiger partial charge is 0.756 e. The Hall–Kier alpha value is -2.00. The van der Waals surface area contributed by atoms with Gasteiger partial charge in [-0.1, -0.05) is 11.8 Å². The first-order valence-electron chi connectivity index (χ1n) is 9.74. The van der Waals surface area contributed by atoms with Gasteiger partial charge in [-0.05, 0) is 13.3 Å². The minimum atomic E-state index is -4.56. The summed E-state index contributed by atoms with van der Waals surface area (Å²) in [5.41, 5.74) is 5.10. The predicted molar refractivity (Wildman–Crippen MR) is 109 cm³/mol. The van der Waals surface area contributed by atoms with E-state index in [-0.39, 0.29) is 42.7 Å². The molecule has 2 aliphatic heterocycles. The number of carbonyl (C=O) groups excluding carboxylic acids is 1. The van der Waals surface area contributed by atoms with Crippen molar-refractivity contribution in [1.29, 1.82) is 0 Å². The van der Waals surface area contributed by atoms with E-state index in [0.717, 1.165) is 0 Å². The van der Waals surface area contributed by atoms with E-state index in [0.29, 0.717) is 18.8 Å². The molecule has 4 rings (SSSR count). The standard InChI is InChI=1S/C16H22N5O9PS/c1-2-27-8(22)4-3-5-32-16-18-9-12(19-15(17)20-13(9)24)21(16)14-10(23)11-7(29-14)6-28-31(25,26)30-11/h7,10-11,14,23H,2-6H2,1H3,(H,25,26)(H3,17,19,20,24)/t7?,10?,11-,14-/m1/s1. The zero-order valence-electron chi connectivity index (χ0n) is 17.8. The molecule has 2 saturated heterocycles. The number of aliphatic hydroxyl groups excluding tert-OH is 1. The molecule has 4 heterocycles. The van der Waals surface area contributed by atoms with E-state index in [1.807, 2.05) is 0 Å². The molecular formula is C16H22N5O9PS. The molecule has 5 atom stereocenters. The Balaban J connectivity index is 0.00000306. The minimum absolute atomic E-state index is 0. The molecule has 2 fully saturated rings. The van der Waals surface area contributed by atoms with Crippen LogP contribution < -0.4 is 16.2 Å². The van der Waals surface area contributed by atoms with Gasteiger partial charge in [0.25, 0.3) is 13.4 Å². The Morgan fingerprint density at radius 1 is 1.53 bits per heavy atom. The van der Waals surface area contributed by atoms with Gasteiger partial charge in [-0.2, -0.15) is 4.98 Å². The number of hydrogen-bond acceptors (Lipinski definition) is 13. The van der Waals surface area contributed by atoms with E-state index in [9.17, 15) is 24.2 Å². The molecule has 0 aromatic carbocycles. The first-order valence-corrected chi connectivity index (χ1v) is 12.2. The first kappa shape index (κ1) is 23.2. The molecule has 0 radical (unpaired) electrons. The Morgan fingerprint density at radius 2 is 2.31 bits per heavy atom. The van der Waals surface area contributed by atoms with Crippen molar-refractivity contribution in [2.75, 3.05) is 24.7 Å². The summed E-state index contributed by atoms with van der Waals surface area (Å²) >= 11 is 1.20. The van der Waals surface area contributed by atoms with Crippen molar-refractivity contribution in [3.05, 3.63) is 10.4 Å². The number of nitrogens with one attached hydrogen (secondary N) is 1. The number of fused-ring (bicyclic) bond motifs is 2. The Kier molecular flexibility index (Phi) is 6.58. The SMILES string of the molecule is CCOC(=O)CCCSc1nc2c(=O)[nH]c(N)nc2n1[C@@H]1OC2COP(=O)([O-])O[C@H]2C1O.[H+]. The summed E-state index contributed by atoms with van der Waals surface area (Å²) in [5, 5.41) is 11.0. The monoisotopic (exact) mass is 491 g/mol. The lowest BCUT2D eigenvalue weighted by atomic mass is 10.1. The fraction of sp³-hybridized carbons (Fsp3) is 0.625. The van der Waals surface area contributed by atoms with Gasteiger partial charge in [0.05, 0.1) is 13.2 Å². The zero-order valence-corrected chi connectivity index (χ0v) is 18.5. The number of phosphoric ester groups is 1. The van der Waals surface area contributed by atoms with Crippen LogP contribution in [0, 0.1) is 0 Å². The maximum Gasteiger partial charge on any atom is 1.00 e. The van der Waals surface area contributed by atoms with Gasteiger partial charge in [0.1, 0.15) is 18.3 Å². The average Bonchev–Trinajstić information content (AvgIpc) is 3.22. The molecule has 0 spiro atoms. The number of nitrogens with zero attached hydrogens (tertiary/aromatic N) is 3. The number of aromatic amines is 1. The van der Waals surface area contributed by atoms with Crippen LogP contribution in [0.15, 0.2) is 9.95 Å². The second kappa shape index (κ2) is 9.09. The minimum Gasteiger partial charge on any atom is -0.756 e. The van der Waals surface area contributed by atoms with Crippen LogP contribution in [0.3, 0.4) is 0 Å². The number of imidazole rings is 1. The Morgan fingerprint density at radius 3 is 3.06 bits per heavy atom. The lowest BCUT2D eigenvalue weighted by molar-refractivity contribution is -0.245. The van der Waals surface area contributed by atoms with Crippen molar-refractivity contribution < 1.29 is 39.3 Å². The molecule has 176 valence electrons. The number of rotatable bonds is 7. The second-order valence-corrected chi connectivity index (χ2v) is 9.44. The average molecular weight is 491 g/mol. The van der Waals surface area contributed by atoms with Gasteiger partial charge in [-0.25, -0.2) is 4.98 Å². The van der Waals surface area contributed by atoms with Gasteiger partial charge in [-0.15, -0.1) is 0 Å². The Bertz CT molecular complexity index is 1130. The molecule has 3 unspecified atom stereocenters. The van der Waals surface area contributed by atoms with Gasteiger partial charge in [0, 0.05) is 12.2 Å². The van der Waals surface area contributed by atoms with E-state index in [1.165, 1.54) is 16.3 Å². The summed E-state index contributed by atoms with van der Waals surface area (Å²) in [6.07, 6.45) is -4.00. The molecule has 2 aromatic rings. The fourth-order valence-electron chi connectivity index (χ4n) is 3.47. The molecule has 0 saturated carbocycles. The van der Waals surface area contributed by atoms with Crippen molar-refractivity contribution in [3.63, 3.8) is 0 Å². The number of aliphatic hydroxyl groups is 1. The number of thioether (sulfide) groups is 1. The van der Waals surface area contributed by atoms with Gasteiger partial charge in [-0.3, -0.25) is 23.7 Å². The van der Waals surface area contributed by atoms with Crippen molar-refractivity contribution >= 4 is 42.7 Å². The number of aromatic nitrogens is 4. The molecule has 0 amide bonds. The van der Waals surface area contributed by atoms with Crippen molar-refractivity contribution in [3.8, 4) is 0 Å². The van der Waals surface area contributed by atoms with Crippen molar-refractivity contribution in [2.45, 2.75) is 49.5 Å². The number of anilines is 1. The predicted octanol–water partition coefficient (Wildman–Crippen LogP) is -0.608. The van der Waals surface area contributed by atoms with Gasteiger partial charge < -0.3 is 34.3 Å². The third-order valence-electron chi connectivity index (χ3n) is 4.81. The molecule has 16 heteroatoms. The van der Waals surface area contributed by atoms with Crippen molar-refractivity contribution in [1.82, 2.24) is 19.5 Å². The topological polar surface area (TPSA) is 204 Å². The number of hydrogen-bond donors (Lipinski definition) is 3. The lowest BCUT2D eigenvalue weighted by Gasteiger charge is -2.34. The summed E-state index contributed by atoms with van der Waals surface area (Å²) in [7, 11) is -4.56. The summed E-state index contributed by atoms with van der Waals surface area (Å²) in [6.45, 7) is 1.68. The van der Waals surface area contributed by atoms with Crippen LogP contribution in [0.2, 0.25) is 0 Å². The van der Waals surface area contributed by atoms with Gasteiger partial charge in [0.2, 0.25) is 5.95 Å². The highest BCUT2D eigenvalue weighted by Gasteiger charge is 2.51. The summed E-state index contributed by atoms with van der Waals surface area (Å²) < 4.78 is 33.3.